The molecule has 0 radical (unpaired) electrons. The highest BCUT2D eigenvalue weighted by molar-refractivity contribution is 7.90. The van der Waals surface area contributed by atoms with Crippen molar-refractivity contribution in [3.8, 4) is 0 Å². The third-order valence-corrected chi connectivity index (χ3v) is 5.55. The van der Waals surface area contributed by atoms with E-state index in [0.717, 1.165) is 19.1 Å². The molecule has 0 aromatic heterocycles. The van der Waals surface area contributed by atoms with E-state index < -0.39 is 9.84 Å². The number of aryl methyl sites for hydroxylation is 1. The van der Waals surface area contributed by atoms with Gasteiger partial charge in [-0.15, -0.1) is 0 Å². The minimum atomic E-state index is -3.23. The summed E-state index contributed by atoms with van der Waals surface area (Å²) in [5.41, 5.74) is 3.06. The number of urea groups is 1. The molecular formula is C18H20N2O3S. The normalized spacial score (nSPS) is 16.5. The predicted octanol–water partition coefficient (Wildman–Crippen LogP) is 3.24. The van der Waals surface area contributed by atoms with E-state index in [2.05, 4.69) is 17.4 Å². The minimum Gasteiger partial charge on any atom is -0.321 e. The van der Waals surface area contributed by atoms with E-state index in [9.17, 15) is 13.2 Å². The Morgan fingerprint density at radius 1 is 1.12 bits per heavy atom. The molecule has 0 saturated heterocycles. The van der Waals surface area contributed by atoms with Crippen LogP contribution in [0.5, 0.6) is 0 Å². The highest BCUT2D eigenvalue weighted by Crippen LogP contribution is 2.35. The lowest BCUT2D eigenvalue weighted by Crippen LogP contribution is -2.34. The van der Waals surface area contributed by atoms with Gasteiger partial charge in [0.1, 0.15) is 0 Å². The number of fused-ring (bicyclic) bond motifs is 1. The Morgan fingerprint density at radius 3 is 2.46 bits per heavy atom. The number of anilines is 1. The van der Waals surface area contributed by atoms with Crippen LogP contribution in [-0.4, -0.2) is 32.7 Å². The second kappa shape index (κ2) is 6.28. The third kappa shape index (κ3) is 3.28. The molecular weight excluding hydrogens is 324 g/mol. The Hall–Kier alpha value is -2.34. The Morgan fingerprint density at radius 2 is 1.79 bits per heavy atom. The first kappa shape index (κ1) is 16.5. The fourth-order valence-corrected chi connectivity index (χ4v) is 3.71. The van der Waals surface area contributed by atoms with Gasteiger partial charge in [-0.05, 0) is 48.2 Å². The first-order valence-electron chi connectivity index (χ1n) is 7.78. The van der Waals surface area contributed by atoms with Crippen LogP contribution in [0.25, 0.3) is 0 Å². The van der Waals surface area contributed by atoms with Gasteiger partial charge >= 0.3 is 6.03 Å². The van der Waals surface area contributed by atoms with Gasteiger partial charge in [-0.1, -0.05) is 24.3 Å². The number of carbonyl (C=O) groups is 1. The maximum Gasteiger partial charge on any atom is 0.322 e. The molecule has 24 heavy (non-hydrogen) atoms. The van der Waals surface area contributed by atoms with E-state index in [1.165, 1.54) is 23.3 Å². The molecule has 5 nitrogen and oxygen atoms in total. The summed E-state index contributed by atoms with van der Waals surface area (Å²) in [6.45, 7) is 0. The zero-order chi connectivity index (χ0) is 17.3. The summed E-state index contributed by atoms with van der Waals surface area (Å²) in [5.74, 6) is 0. The maximum absolute atomic E-state index is 12.5. The summed E-state index contributed by atoms with van der Waals surface area (Å²) < 4.78 is 22.9. The molecule has 6 heteroatoms. The fraction of sp³-hybridized carbons (Fsp3) is 0.278. The topological polar surface area (TPSA) is 66.5 Å². The molecule has 2 amide bonds. The Bertz CT molecular complexity index is 860. The number of nitrogens with one attached hydrogen (secondary N) is 1. The van der Waals surface area contributed by atoms with Crippen molar-refractivity contribution in [2.45, 2.75) is 23.8 Å². The van der Waals surface area contributed by atoms with Gasteiger partial charge in [0.25, 0.3) is 0 Å². The number of sulfone groups is 1. The molecule has 126 valence electrons. The van der Waals surface area contributed by atoms with Crippen LogP contribution in [0.1, 0.15) is 23.6 Å². The Balaban J connectivity index is 1.71. The summed E-state index contributed by atoms with van der Waals surface area (Å²) in [6.07, 6.45) is 3.05. The van der Waals surface area contributed by atoms with Gasteiger partial charge < -0.3 is 10.2 Å². The Kier molecular flexibility index (Phi) is 4.32. The molecule has 1 atom stereocenters. The molecule has 1 unspecified atom stereocenters. The van der Waals surface area contributed by atoms with Crippen LogP contribution in [0, 0.1) is 0 Å². The summed E-state index contributed by atoms with van der Waals surface area (Å²) >= 11 is 0. The number of nitrogens with zero attached hydrogens (tertiary/aromatic N) is 1. The zero-order valence-corrected chi connectivity index (χ0v) is 14.5. The molecule has 3 rings (SSSR count). The number of benzene rings is 2. The summed E-state index contributed by atoms with van der Waals surface area (Å²) in [4.78, 5) is 14.4. The second-order valence-electron chi connectivity index (χ2n) is 6.09. The summed E-state index contributed by atoms with van der Waals surface area (Å²) in [7, 11) is -1.45. The van der Waals surface area contributed by atoms with Crippen molar-refractivity contribution in [2.24, 2.45) is 0 Å². The number of carbonyl (C=O) groups excluding carboxylic acids is 1. The van der Waals surface area contributed by atoms with Crippen molar-refractivity contribution in [1.29, 1.82) is 0 Å². The maximum atomic E-state index is 12.5. The molecule has 2 aromatic rings. The van der Waals surface area contributed by atoms with Crippen LogP contribution in [-0.2, 0) is 16.3 Å². The van der Waals surface area contributed by atoms with Crippen molar-refractivity contribution in [2.75, 3.05) is 18.6 Å². The van der Waals surface area contributed by atoms with Gasteiger partial charge in [-0.2, -0.15) is 0 Å². The molecule has 1 N–H and O–H groups in total. The quantitative estimate of drug-likeness (QED) is 0.929. The fourth-order valence-electron chi connectivity index (χ4n) is 3.08. The number of hydrogen-bond acceptors (Lipinski definition) is 3. The smallest absolute Gasteiger partial charge is 0.321 e. The lowest BCUT2D eigenvalue weighted by Gasteiger charge is -2.25. The number of rotatable bonds is 3. The summed E-state index contributed by atoms with van der Waals surface area (Å²) in [5, 5.41) is 2.82. The van der Waals surface area contributed by atoms with Crippen LogP contribution in [0.2, 0.25) is 0 Å². The number of amides is 2. The van der Waals surface area contributed by atoms with Gasteiger partial charge in [0.05, 0.1) is 10.9 Å². The van der Waals surface area contributed by atoms with Crippen molar-refractivity contribution >= 4 is 21.6 Å². The van der Waals surface area contributed by atoms with E-state index in [4.69, 9.17) is 0 Å². The van der Waals surface area contributed by atoms with E-state index in [1.807, 2.05) is 12.1 Å². The largest absolute Gasteiger partial charge is 0.322 e. The molecule has 0 bridgehead atoms. The minimum absolute atomic E-state index is 0.0662. The van der Waals surface area contributed by atoms with Gasteiger partial charge in [-0.3, -0.25) is 0 Å². The molecule has 1 aliphatic rings. The molecule has 0 fully saturated rings. The van der Waals surface area contributed by atoms with E-state index >= 15 is 0 Å². The van der Waals surface area contributed by atoms with E-state index in [0.29, 0.717) is 5.69 Å². The Labute approximate surface area is 142 Å². The first-order chi connectivity index (χ1) is 11.4. The van der Waals surface area contributed by atoms with Gasteiger partial charge in [0.15, 0.2) is 9.84 Å². The molecule has 2 aromatic carbocycles. The van der Waals surface area contributed by atoms with Crippen molar-refractivity contribution in [3.05, 3.63) is 59.7 Å². The highest BCUT2D eigenvalue weighted by atomic mass is 32.2. The lowest BCUT2D eigenvalue weighted by molar-refractivity contribution is 0.204. The van der Waals surface area contributed by atoms with E-state index in [1.54, 1.807) is 24.1 Å². The molecule has 0 heterocycles. The van der Waals surface area contributed by atoms with Crippen molar-refractivity contribution < 1.29 is 13.2 Å². The highest BCUT2D eigenvalue weighted by Gasteiger charge is 2.28. The average molecular weight is 344 g/mol. The van der Waals surface area contributed by atoms with Crippen LogP contribution >= 0.6 is 0 Å². The molecule has 1 aliphatic carbocycles. The SMILES string of the molecule is CN(C(=O)Nc1ccc(S(C)(=O)=O)cc1)C1CCc2ccccc21. The van der Waals surface area contributed by atoms with Crippen LogP contribution < -0.4 is 5.32 Å². The summed E-state index contributed by atoms with van der Waals surface area (Å²) in [6, 6.07) is 14.2. The van der Waals surface area contributed by atoms with Gasteiger partial charge in [0, 0.05) is 19.0 Å². The zero-order valence-electron chi connectivity index (χ0n) is 13.7. The standard InChI is InChI=1S/C18H20N2O3S/c1-20(17-12-7-13-5-3-4-6-16(13)17)18(21)19-14-8-10-15(11-9-14)24(2,22)23/h3-6,8-11,17H,7,12H2,1-2H3,(H,19,21). The molecule has 0 saturated carbocycles. The van der Waals surface area contributed by atoms with Crippen LogP contribution in [0.4, 0.5) is 10.5 Å². The molecule has 0 aliphatic heterocycles. The monoisotopic (exact) mass is 344 g/mol. The second-order valence-corrected chi connectivity index (χ2v) is 8.11. The third-order valence-electron chi connectivity index (χ3n) is 4.42. The first-order valence-corrected chi connectivity index (χ1v) is 9.67. The lowest BCUT2D eigenvalue weighted by atomic mass is 10.1. The average Bonchev–Trinajstić information content (AvgIpc) is 2.97. The van der Waals surface area contributed by atoms with Crippen LogP contribution in [0.3, 0.4) is 0 Å². The van der Waals surface area contributed by atoms with E-state index in [-0.39, 0.29) is 17.0 Å². The number of hydrogen-bond donors (Lipinski definition) is 1. The van der Waals surface area contributed by atoms with Crippen LogP contribution in [0.15, 0.2) is 53.4 Å². The van der Waals surface area contributed by atoms with Crippen molar-refractivity contribution in [3.63, 3.8) is 0 Å². The van der Waals surface area contributed by atoms with Crippen molar-refractivity contribution in [1.82, 2.24) is 4.90 Å². The predicted molar refractivity (Wildman–Crippen MR) is 93.8 cm³/mol. The van der Waals surface area contributed by atoms with Gasteiger partial charge in [-0.25, -0.2) is 13.2 Å². The molecule has 0 spiro atoms. The van der Waals surface area contributed by atoms with Gasteiger partial charge in [0.2, 0.25) is 0 Å².